The minimum atomic E-state index is -3.13. The maximum atomic E-state index is 15.3. The van der Waals surface area contributed by atoms with Crippen molar-refractivity contribution in [2.75, 3.05) is 4.90 Å². The maximum Gasteiger partial charge on any atom is 0.171 e. The first-order valence-electron chi connectivity index (χ1n) is 16.9. The number of hydrogen-bond acceptors (Lipinski definition) is 3. The first-order chi connectivity index (χ1) is 23.9. The summed E-state index contributed by atoms with van der Waals surface area (Å²) in [6.45, 7) is 4.73. The molecular formula is C45H35N2OP. The Kier molecular flexibility index (Phi) is 6.83. The molecule has 0 bridgehead atoms. The predicted molar refractivity (Wildman–Crippen MR) is 206 cm³/mol. The van der Waals surface area contributed by atoms with Gasteiger partial charge in [0.1, 0.15) is 0 Å². The van der Waals surface area contributed by atoms with E-state index >= 15 is 4.57 Å². The molecule has 0 saturated heterocycles. The van der Waals surface area contributed by atoms with Crippen LogP contribution in [0.25, 0.3) is 28.0 Å². The van der Waals surface area contributed by atoms with Crippen molar-refractivity contribution in [3.63, 3.8) is 0 Å². The third-order valence-electron chi connectivity index (χ3n) is 10.4. The van der Waals surface area contributed by atoms with Crippen LogP contribution in [0.2, 0.25) is 0 Å². The van der Waals surface area contributed by atoms with E-state index in [0.717, 1.165) is 44.8 Å². The van der Waals surface area contributed by atoms with Gasteiger partial charge in [-0.05, 0) is 80.9 Å². The number of allylic oxidation sites excluding steroid dienone is 1. The van der Waals surface area contributed by atoms with Crippen LogP contribution in [0.5, 0.6) is 0 Å². The molecule has 9 rings (SSSR count). The Labute approximate surface area is 287 Å². The van der Waals surface area contributed by atoms with Crippen LogP contribution in [-0.4, -0.2) is 4.98 Å². The van der Waals surface area contributed by atoms with Gasteiger partial charge in [-0.15, -0.1) is 0 Å². The van der Waals surface area contributed by atoms with Crippen LogP contribution in [0, 0.1) is 0 Å². The van der Waals surface area contributed by atoms with Crippen molar-refractivity contribution in [2.45, 2.75) is 25.7 Å². The van der Waals surface area contributed by atoms with Crippen molar-refractivity contribution < 1.29 is 4.57 Å². The van der Waals surface area contributed by atoms with Crippen LogP contribution < -0.4 is 20.8 Å². The van der Waals surface area contributed by atoms with Gasteiger partial charge in [0.05, 0.1) is 23.3 Å². The molecule has 2 aliphatic rings. The predicted octanol–water partition coefficient (Wildman–Crippen LogP) is 10.2. The Hall–Kier alpha value is -5.50. The molecule has 1 aliphatic heterocycles. The van der Waals surface area contributed by atoms with Crippen LogP contribution in [0.4, 0.5) is 17.1 Å². The average molecular weight is 651 g/mol. The highest BCUT2D eigenvalue weighted by atomic mass is 31.2. The Bertz CT molecular complexity index is 2430. The lowest BCUT2D eigenvalue weighted by Crippen LogP contribution is -2.32. The highest BCUT2D eigenvalue weighted by molar-refractivity contribution is 7.85. The second-order valence-corrected chi connectivity index (χ2v) is 16.3. The number of anilines is 3. The molecule has 1 aliphatic carbocycles. The molecule has 49 heavy (non-hydrogen) atoms. The summed E-state index contributed by atoms with van der Waals surface area (Å²) >= 11 is 0. The van der Waals surface area contributed by atoms with Crippen LogP contribution in [0.1, 0.15) is 36.1 Å². The minimum absolute atomic E-state index is 0.248. The number of benzene rings is 6. The molecule has 4 heteroatoms. The number of pyridine rings is 1. The lowest BCUT2D eigenvalue weighted by atomic mass is 9.69. The molecular weight excluding hydrogens is 615 g/mol. The summed E-state index contributed by atoms with van der Waals surface area (Å²) in [5.41, 5.74) is 10.6. The SMILES string of the molecule is CC1(C)c2ccc(-c3cccc(P(=O)(c4ccccc4)c4ccccc4)c3)cc2N(c2cccnc2)c2cc3cccc4c3c(c21)CC=C4. The van der Waals surface area contributed by atoms with Gasteiger partial charge in [-0.1, -0.05) is 135 Å². The van der Waals surface area contributed by atoms with E-state index in [4.69, 9.17) is 0 Å². The van der Waals surface area contributed by atoms with Gasteiger partial charge >= 0.3 is 0 Å². The minimum Gasteiger partial charge on any atom is -0.309 e. The molecule has 0 radical (unpaired) electrons. The third kappa shape index (κ3) is 4.57. The van der Waals surface area contributed by atoms with E-state index in [-0.39, 0.29) is 5.41 Å². The van der Waals surface area contributed by atoms with E-state index in [1.165, 1.54) is 38.7 Å². The van der Waals surface area contributed by atoms with Gasteiger partial charge in [-0.25, -0.2) is 0 Å². The van der Waals surface area contributed by atoms with Crippen molar-refractivity contribution in [3.8, 4) is 11.1 Å². The Balaban J connectivity index is 1.25. The Morgan fingerprint density at radius 1 is 0.673 bits per heavy atom. The van der Waals surface area contributed by atoms with Crippen LogP contribution >= 0.6 is 7.14 Å². The number of fused-ring (bicyclic) bond motifs is 3. The molecule has 0 fully saturated rings. The molecule has 0 unspecified atom stereocenters. The summed E-state index contributed by atoms with van der Waals surface area (Å²) in [6.07, 6.45) is 9.27. The van der Waals surface area contributed by atoms with E-state index in [0.29, 0.717) is 0 Å². The topological polar surface area (TPSA) is 33.2 Å². The van der Waals surface area contributed by atoms with Crippen molar-refractivity contribution in [1.82, 2.24) is 4.98 Å². The third-order valence-corrected chi connectivity index (χ3v) is 13.4. The molecule has 6 aromatic carbocycles. The maximum absolute atomic E-state index is 15.3. The number of nitrogens with zero attached hydrogens (tertiary/aromatic N) is 2. The van der Waals surface area contributed by atoms with E-state index in [1.54, 1.807) is 0 Å². The summed E-state index contributed by atoms with van der Waals surface area (Å²) in [7, 11) is -3.13. The van der Waals surface area contributed by atoms with Gasteiger partial charge < -0.3 is 9.46 Å². The normalized spacial score (nSPS) is 14.4. The van der Waals surface area contributed by atoms with E-state index < -0.39 is 7.14 Å². The summed E-state index contributed by atoms with van der Waals surface area (Å²) in [4.78, 5) is 6.96. The zero-order valence-corrected chi connectivity index (χ0v) is 28.4. The monoisotopic (exact) mass is 650 g/mol. The molecule has 236 valence electrons. The molecule has 0 saturated carbocycles. The van der Waals surface area contributed by atoms with Gasteiger partial charge in [-0.3, -0.25) is 4.98 Å². The molecule has 3 nitrogen and oxygen atoms in total. The molecule has 2 heterocycles. The number of rotatable bonds is 5. The number of hydrogen-bond donors (Lipinski definition) is 0. The lowest BCUT2D eigenvalue weighted by Gasteiger charge is -2.44. The van der Waals surface area contributed by atoms with Crippen molar-refractivity contribution in [1.29, 1.82) is 0 Å². The first kappa shape index (κ1) is 29.6. The molecule has 1 aromatic heterocycles. The van der Waals surface area contributed by atoms with E-state index in [1.807, 2.05) is 91.3 Å². The summed E-state index contributed by atoms with van der Waals surface area (Å²) < 4.78 is 15.3. The highest BCUT2D eigenvalue weighted by Gasteiger charge is 2.40. The van der Waals surface area contributed by atoms with Gasteiger partial charge in [0.15, 0.2) is 7.14 Å². The van der Waals surface area contributed by atoms with E-state index in [2.05, 4.69) is 96.5 Å². The number of aromatic nitrogens is 1. The van der Waals surface area contributed by atoms with Gasteiger partial charge in [-0.2, -0.15) is 0 Å². The Morgan fingerprint density at radius 2 is 1.39 bits per heavy atom. The highest BCUT2D eigenvalue weighted by Crippen LogP contribution is 2.56. The largest absolute Gasteiger partial charge is 0.309 e. The summed E-state index contributed by atoms with van der Waals surface area (Å²) in [5, 5.41) is 5.11. The fourth-order valence-electron chi connectivity index (χ4n) is 8.13. The standard InChI is InChI=1S/C45H35N2OP/c1-45(2)40-25-24-33(32-15-10-22-38(27-32)49(48,36-18-5-3-6-19-36)37-20-7-4-8-21-37)28-41(40)47(35-17-12-26-46-30-35)42-29-34-16-9-13-31-14-11-23-39(43(31)34)44(42)45/h3-22,24-30H,23H2,1-2H3. The molecule has 0 atom stereocenters. The van der Waals surface area contributed by atoms with Gasteiger partial charge in [0.2, 0.25) is 0 Å². The fraction of sp³-hybridized carbons (Fsp3) is 0.0889. The molecule has 0 N–H and O–H groups in total. The van der Waals surface area contributed by atoms with Crippen molar-refractivity contribution in [2.24, 2.45) is 0 Å². The fourth-order valence-corrected chi connectivity index (χ4v) is 10.8. The van der Waals surface area contributed by atoms with Gasteiger partial charge in [0.25, 0.3) is 0 Å². The second kappa shape index (κ2) is 11.3. The summed E-state index contributed by atoms with van der Waals surface area (Å²) in [5.74, 6) is 0. The Morgan fingerprint density at radius 3 is 2.12 bits per heavy atom. The average Bonchev–Trinajstić information content (AvgIpc) is 3.15. The molecule has 0 amide bonds. The van der Waals surface area contributed by atoms with Crippen LogP contribution in [0.15, 0.2) is 158 Å². The zero-order valence-electron chi connectivity index (χ0n) is 27.5. The quantitative estimate of drug-likeness (QED) is 0.174. The van der Waals surface area contributed by atoms with Crippen LogP contribution in [0.3, 0.4) is 0 Å². The van der Waals surface area contributed by atoms with E-state index in [9.17, 15) is 0 Å². The van der Waals surface area contributed by atoms with Crippen molar-refractivity contribution >= 4 is 57.0 Å². The molecule has 0 spiro atoms. The summed E-state index contributed by atoms with van der Waals surface area (Å²) in [6, 6.07) is 48.1. The van der Waals surface area contributed by atoms with Crippen molar-refractivity contribution in [3.05, 3.63) is 180 Å². The van der Waals surface area contributed by atoms with Gasteiger partial charge in [0, 0.05) is 27.5 Å². The molecule has 7 aromatic rings. The first-order valence-corrected chi connectivity index (χ1v) is 18.6. The second-order valence-electron chi connectivity index (χ2n) is 13.5. The smallest absolute Gasteiger partial charge is 0.171 e. The van der Waals surface area contributed by atoms with Crippen LogP contribution in [-0.2, 0) is 16.4 Å². The zero-order chi connectivity index (χ0) is 33.2. The lowest BCUT2D eigenvalue weighted by molar-refractivity contribution is 0.592.